The van der Waals surface area contributed by atoms with E-state index in [9.17, 15) is 4.79 Å². The number of anilines is 3. The van der Waals surface area contributed by atoms with E-state index < -0.39 is 5.97 Å². The second-order valence-electron chi connectivity index (χ2n) is 6.42. The smallest absolute Gasteiger partial charge is 0.335 e. The van der Waals surface area contributed by atoms with Crippen molar-refractivity contribution in [1.29, 1.82) is 0 Å². The third-order valence-electron chi connectivity index (χ3n) is 4.51. The molecular weight excluding hydrogens is 356 g/mol. The molecule has 4 rings (SSSR count). The molecule has 3 heterocycles. The quantitative estimate of drug-likeness (QED) is 0.624. The summed E-state index contributed by atoms with van der Waals surface area (Å²) in [4.78, 5) is 26.7. The molecule has 3 aromatic rings. The Balaban J connectivity index is 1.52. The van der Waals surface area contributed by atoms with E-state index in [2.05, 4.69) is 30.5 Å². The number of aromatic carboxylic acids is 1. The molecule has 1 aliphatic rings. The van der Waals surface area contributed by atoms with Crippen molar-refractivity contribution in [2.45, 2.75) is 0 Å². The van der Waals surface area contributed by atoms with Gasteiger partial charge in [0.25, 0.3) is 0 Å². The number of nitrogens with one attached hydrogen (secondary N) is 2. The summed E-state index contributed by atoms with van der Waals surface area (Å²) in [6.07, 6.45) is 3.48. The Morgan fingerprint density at radius 2 is 1.96 bits per heavy atom. The molecule has 0 unspecified atom stereocenters. The summed E-state index contributed by atoms with van der Waals surface area (Å²) in [5, 5.41) is 15.5. The average molecular weight is 376 g/mol. The zero-order valence-corrected chi connectivity index (χ0v) is 15.2. The van der Waals surface area contributed by atoms with Gasteiger partial charge in [-0.15, -0.1) is 0 Å². The van der Waals surface area contributed by atoms with E-state index in [4.69, 9.17) is 5.11 Å². The average Bonchev–Trinajstić information content (AvgIpc) is 2.75. The van der Waals surface area contributed by atoms with E-state index in [1.807, 2.05) is 24.4 Å². The van der Waals surface area contributed by atoms with Gasteiger partial charge in [0, 0.05) is 49.8 Å². The van der Waals surface area contributed by atoms with Crippen LogP contribution in [0, 0.1) is 0 Å². The van der Waals surface area contributed by atoms with E-state index in [1.54, 1.807) is 24.4 Å². The molecule has 142 valence electrons. The van der Waals surface area contributed by atoms with Crippen molar-refractivity contribution < 1.29 is 9.90 Å². The first kappa shape index (κ1) is 17.9. The molecule has 2 aromatic heterocycles. The Labute approximate surface area is 162 Å². The molecule has 0 atom stereocenters. The molecule has 0 saturated carbocycles. The van der Waals surface area contributed by atoms with Gasteiger partial charge in [0.2, 0.25) is 5.95 Å². The van der Waals surface area contributed by atoms with Gasteiger partial charge in [0.1, 0.15) is 5.82 Å². The molecule has 1 fully saturated rings. The summed E-state index contributed by atoms with van der Waals surface area (Å²) in [5.74, 6) is 0.378. The maximum atomic E-state index is 11.1. The first-order valence-corrected chi connectivity index (χ1v) is 9.04. The number of hydrogen-bond donors (Lipinski definition) is 3. The van der Waals surface area contributed by atoms with Crippen LogP contribution in [-0.4, -0.2) is 52.2 Å². The van der Waals surface area contributed by atoms with Crippen LogP contribution in [0.1, 0.15) is 10.4 Å². The lowest BCUT2D eigenvalue weighted by atomic mass is 10.2. The Morgan fingerprint density at radius 1 is 1.11 bits per heavy atom. The second-order valence-corrected chi connectivity index (χ2v) is 6.42. The van der Waals surface area contributed by atoms with Gasteiger partial charge in [0.15, 0.2) is 0 Å². The van der Waals surface area contributed by atoms with Gasteiger partial charge in [-0.1, -0.05) is 6.07 Å². The van der Waals surface area contributed by atoms with Crippen LogP contribution in [0.4, 0.5) is 17.5 Å². The van der Waals surface area contributed by atoms with Crippen molar-refractivity contribution in [2.24, 2.45) is 0 Å². The normalized spacial score (nSPS) is 13.9. The van der Waals surface area contributed by atoms with Crippen LogP contribution >= 0.6 is 0 Å². The summed E-state index contributed by atoms with van der Waals surface area (Å²) >= 11 is 0. The molecule has 8 heteroatoms. The number of piperazine rings is 1. The maximum Gasteiger partial charge on any atom is 0.335 e. The van der Waals surface area contributed by atoms with E-state index in [1.165, 1.54) is 6.07 Å². The van der Waals surface area contributed by atoms with E-state index in [-0.39, 0.29) is 5.56 Å². The highest BCUT2D eigenvalue weighted by Gasteiger charge is 2.12. The van der Waals surface area contributed by atoms with Crippen LogP contribution in [0.3, 0.4) is 0 Å². The number of aromatic nitrogens is 3. The summed E-state index contributed by atoms with van der Waals surface area (Å²) in [5.41, 5.74) is 2.45. The van der Waals surface area contributed by atoms with Gasteiger partial charge < -0.3 is 20.6 Å². The third kappa shape index (κ3) is 4.07. The zero-order chi connectivity index (χ0) is 19.3. The molecule has 0 aliphatic carbocycles. The molecule has 0 spiro atoms. The number of rotatable bonds is 5. The lowest BCUT2D eigenvalue weighted by molar-refractivity contribution is 0.0697. The van der Waals surface area contributed by atoms with Gasteiger partial charge in [-0.25, -0.2) is 19.7 Å². The minimum Gasteiger partial charge on any atom is -0.478 e. The first-order valence-electron chi connectivity index (χ1n) is 9.04. The molecule has 0 radical (unpaired) electrons. The molecule has 8 nitrogen and oxygen atoms in total. The van der Waals surface area contributed by atoms with Crippen molar-refractivity contribution in [3.05, 3.63) is 60.4 Å². The van der Waals surface area contributed by atoms with Gasteiger partial charge in [-0.2, -0.15) is 0 Å². The van der Waals surface area contributed by atoms with Gasteiger partial charge in [0.05, 0.1) is 11.3 Å². The Bertz CT molecular complexity index is 970. The van der Waals surface area contributed by atoms with Crippen LogP contribution in [-0.2, 0) is 0 Å². The van der Waals surface area contributed by atoms with Gasteiger partial charge in [-0.3, -0.25) is 0 Å². The highest BCUT2D eigenvalue weighted by molar-refractivity contribution is 5.89. The monoisotopic (exact) mass is 376 g/mol. The van der Waals surface area contributed by atoms with E-state index in [0.29, 0.717) is 11.6 Å². The van der Waals surface area contributed by atoms with Crippen molar-refractivity contribution in [1.82, 2.24) is 20.3 Å². The standard InChI is InChI=1S/C20H20N6O2/c27-19(28)14-2-1-3-16(12-14)24-20-22-7-6-17(25-20)15-4-5-18(23-13-15)26-10-8-21-9-11-26/h1-7,12-13,21H,8-11H2,(H,27,28)(H,22,24,25). The number of carbonyl (C=O) groups is 1. The largest absolute Gasteiger partial charge is 0.478 e. The van der Waals surface area contributed by atoms with Gasteiger partial charge in [-0.05, 0) is 36.4 Å². The summed E-state index contributed by atoms with van der Waals surface area (Å²) in [6, 6.07) is 12.4. The third-order valence-corrected chi connectivity index (χ3v) is 4.51. The molecule has 3 N–H and O–H groups in total. The fraction of sp³-hybridized carbons (Fsp3) is 0.200. The summed E-state index contributed by atoms with van der Waals surface area (Å²) in [7, 11) is 0. The SMILES string of the molecule is O=C(O)c1cccc(Nc2nccc(-c3ccc(N4CCNCC4)nc3)n2)c1. The zero-order valence-electron chi connectivity index (χ0n) is 15.2. The van der Waals surface area contributed by atoms with E-state index >= 15 is 0 Å². The Hall–Kier alpha value is -3.52. The molecule has 1 aromatic carbocycles. The summed E-state index contributed by atoms with van der Waals surface area (Å²) in [6.45, 7) is 3.83. The number of pyridine rings is 1. The molecule has 0 amide bonds. The van der Waals surface area contributed by atoms with Crippen molar-refractivity contribution in [3.8, 4) is 11.3 Å². The Morgan fingerprint density at radius 3 is 2.71 bits per heavy atom. The number of nitrogens with zero attached hydrogens (tertiary/aromatic N) is 4. The highest BCUT2D eigenvalue weighted by Crippen LogP contribution is 2.21. The molecular formula is C20H20N6O2. The molecule has 1 aliphatic heterocycles. The van der Waals surface area contributed by atoms with Crippen LogP contribution in [0.2, 0.25) is 0 Å². The highest BCUT2D eigenvalue weighted by atomic mass is 16.4. The van der Waals surface area contributed by atoms with Crippen molar-refractivity contribution in [3.63, 3.8) is 0 Å². The first-order chi connectivity index (χ1) is 13.7. The topological polar surface area (TPSA) is 103 Å². The minimum absolute atomic E-state index is 0.203. The maximum absolute atomic E-state index is 11.1. The molecule has 28 heavy (non-hydrogen) atoms. The predicted molar refractivity (Wildman–Crippen MR) is 107 cm³/mol. The van der Waals surface area contributed by atoms with Crippen LogP contribution in [0.5, 0.6) is 0 Å². The number of carboxylic acid groups (broad SMARTS) is 1. The summed E-state index contributed by atoms with van der Waals surface area (Å²) < 4.78 is 0. The van der Waals surface area contributed by atoms with Crippen LogP contribution < -0.4 is 15.5 Å². The second kappa shape index (κ2) is 8.01. The number of benzene rings is 1. The van der Waals surface area contributed by atoms with Crippen molar-refractivity contribution >= 4 is 23.4 Å². The molecule has 0 bridgehead atoms. The lowest BCUT2D eigenvalue weighted by Crippen LogP contribution is -2.43. The number of carboxylic acids is 1. The fourth-order valence-corrected chi connectivity index (χ4v) is 3.06. The molecule has 1 saturated heterocycles. The Kier molecular flexibility index (Phi) is 5.11. The predicted octanol–water partition coefficient (Wildman–Crippen LogP) is 2.39. The lowest BCUT2D eigenvalue weighted by Gasteiger charge is -2.28. The minimum atomic E-state index is -0.978. The van der Waals surface area contributed by atoms with Gasteiger partial charge >= 0.3 is 5.97 Å². The number of hydrogen-bond acceptors (Lipinski definition) is 7. The van der Waals surface area contributed by atoms with Crippen LogP contribution in [0.15, 0.2) is 54.9 Å². The van der Waals surface area contributed by atoms with Crippen LogP contribution in [0.25, 0.3) is 11.3 Å². The van der Waals surface area contributed by atoms with E-state index in [0.717, 1.165) is 43.3 Å². The fourth-order valence-electron chi connectivity index (χ4n) is 3.06. The van der Waals surface area contributed by atoms with Crippen molar-refractivity contribution in [2.75, 3.05) is 36.4 Å².